The molecule has 0 aliphatic heterocycles. The quantitative estimate of drug-likeness (QED) is 0.807. The highest BCUT2D eigenvalue weighted by Gasteiger charge is 2.32. The summed E-state index contributed by atoms with van der Waals surface area (Å²) < 4.78 is 41.2. The lowest BCUT2D eigenvalue weighted by Gasteiger charge is -2.09. The fraction of sp³-hybridized carbons (Fsp3) is 0.308. The van der Waals surface area contributed by atoms with Gasteiger partial charge in [-0.2, -0.15) is 18.4 Å². The molecular formula is C13H9F3N4OS. The van der Waals surface area contributed by atoms with E-state index in [0.29, 0.717) is 18.3 Å². The van der Waals surface area contributed by atoms with Crippen LogP contribution in [0.4, 0.5) is 13.2 Å². The van der Waals surface area contributed by atoms with E-state index in [9.17, 15) is 23.2 Å². The van der Waals surface area contributed by atoms with E-state index in [0.717, 1.165) is 23.7 Å². The topological polar surface area (TPSA) is 79.5 Å². The van der Waals surface area contributed by atoms with Gasteiger partial charge in [-0.05, 0) is 30.1 Å². The zero-order chi connectivity index (χ0) is 16.3. The monoisotopic (exact) mass is 326 g/mol. The second-order valence-electron chi connectivity index (χ2n) is 4.30. The minimum Gasteiger partial charge on any atom is -0.291 e. The molecule has 22 heavy (non-hydrogen) atoms. The lowest BCUT2D eigenvalue weighted by Crippen LogP contribution is -2.14. The van der Waals surface area contributed by atoms with E-state index in [2.05, 4.69) is 14.6 Å². The summed E-state index contributed by atoms with van der Waals surface area (Å²) in [5.41, 5.74) is -0.507. The van der Waals surface area contributed by atoms with Crippen molar-refractivity contribution in [2.45, 2.75) is 25.4 Å². The smallest absolute Gasteiger partial charge is 0.291 e. The normalized spacial score (nSPS) is 12.7. The number of ketones is 1. The second kappa shape index (κ2) is 6.19. The molecule has 2 aromatic rings. The van der Waals surface area contributed by atoms with Crippen LogP contribution in [0.3, 0.4) is 0 Å². The average Bonchev–Trinajstić information content (AvgIpc) is 2.96. The third-order valence-corrected chi connectivity index (χ3v) is 3.70. The lowest BCUT2D eigenvalue weighted by atomic mass is 9.98. The molecule has 114 valence electrons. The fourth-order valence-electron chi connectivity index (χ4n) is 1.76. The molecule has 2 rings (SSSR count). The lowest BCUT2D eigenvalue weighted by molar-refractivity contribution is -0.137. The van der Waals surface area contributed by atoms with Crippen molar-refractivity contribution in [3.8, 4) is 6.07 Å². The molecule has 0 saturated carbocycles. The van der Waals surface area contributed by atoms with Crippen LogP contribution in [-0.4, -0.2) is 20.4 Å². The Labute approximate surface area is 127 Å². The number of hydrogen-bond acceptors (Lipinski definition) is 6. The summed E-state index contributed by atoms with van der Waals surface area (Å²) >= 11 is 0.858. The first-order valence-electron chi connectivity index (χ1n) is 6.16. The highest BCUT2D eigenvalue weighted by atomic mass is 32.1. The Balaban J connectivity index is 2.33. The molecule has 0 aliphatic rings. The molecule has 0 spiro atoms. The minimum absolute atomic E-state index is 0.0315. The molecule has 0 radical (unpaired) electrons. The van der Waals surface area contributed by atoms with Crippen molar-refractivity contribution in [1.29, 1.82) is 5.26 Å². The van der Waals surface area contributed by atoms with E-state index in [1.807, 2.05) is 0 Å². The zero-order valence-electron chi connectivity index (χ0n) is 11.3. The van der Waals surface area contributed by atoms with Crippen molar-refractivity contribution < 1.29 is 18.0 Å². The van der Waals surface area contributed by atoms with Gasteiger partial charge in [-0.1, -0.05) is 11.4 Å². The molecule has 0 bridgehead atoms. The fourth-order valence-corrected chi connectivity index (χ4v) is 2.48. The molecule has 0 aromatic carbocycles. The Morgan fingerprint density at radius 1 is 1.45 bits per heavy atom. The zero-order valence-corrected chi connectivity index (χ0v) is 12.1. The van der Waals surface area contributed by atoms with Gasteiger partial charge in [-0.3, -0.25) is 9.78 Å². The Morgan fingerprint density at radius 3 is 2.68 bits per heavy atom. The maximum atomic E-state index is 12.5. The predicted molar refractivity (Wildman–Crippen MR) is 71.2 cm³/mol. The van der Waals surface area contributed by atoms with E-state index in [4.69, 9.17) is 0 Å². The Hall–Kier alpha value is -2.34. The first-order valence-corrected chi connectivity index (χ1v) is 6.94. The van der Waals surface area contributed by atoms with Gasteiger partial charge < -0.3 is 0 Å². The molecule has 0 N–H and O–H groups in total. The summed E-state index contributed by atoms with van der Waals surface area (Å²) in [6.07, 6.45) is -3.44. The predicted octanol–water partition coefficient (Wildman–Crippen LogP) is 3.00. The van der Waals surface area contributed by atoms with Crippen molar-refractivity contribution >= 4 is 17.3 Å². The highest BCUT2D eigenvalue weighted by molar-refractivity contribution is 7.08. The third kappa shape index (κ3) is 3.12. The summed E-state index contributed by atoms with van der Waals surface area (Å²) in [5, 5.41) is 13.0. The number of Topliss-reactive ketones (excluding diaryl/α,β-unsaturated/α-hetero) is 1. The number of nitriles is 1. The van der Waals surface area contributed by atoms with Crippen LogP contribution in [0.15, 0.2) is 18.3 Å². The number of carbonyl (C=O) groups is 1. The van der Waals surface area contributed by atoms with Gasteiger partial charge in [0.1, 0.15) is 4.88 Å². The number of nitrogens with zero attached hydrogens (tertiary/aromatic N) is 4. The summed E-state index contributed by atoms with van der Waals surface area (Å²) in [6.45, 7) is 1.78. The molecule has 0 saturated heterocycles. The maximum Gasteiger partial charge on any atom is 0.417 e. The summed E-state index contributed by atoms with van der Waals surface area (Å²) in [6, 6.07) is 3.61. The van der Waals surface area contributed by atoms with Crippen molar-refractivity contribution in [2.24, 2.45) is 0 Å². The van der Waals surface area contributed by atoms with Gasteiger partial charge in [-0.25, -0.2) is 0 Å². The molecule has 5 nitrogen and oxygen atoms in total. The summed E-state index contributed by atoms with van der Waals surface area (Å²) in [7, 11) is 0. The molecule has 1 atom stereocenters. The van der Waals surface area contributed by atoms with Gasteiger partial charge in [0.15, 0.2) is 11.7 Å². The van der Waals surface area contributed by atoms with Gasteiger partial charge in [0.25, 0.3) is 0 Å². The van der Waals surface area contributed by atoms with Crippen molar-refractivity contribution in [1.82, 2.24) is 14.6 Å². The number of aryl methyl sites for hydroxylation is 1. The van der Waals surface area contributed by atoms with Gasteiger partial charge >= 0.3 is 6.18 Å². The Kier molecular flexibility index (Phi) is 4.51. The van der Waals surface area contributed by atoms with Crippen LogP contribution in [0.25, 0.3) is 0 Å². The number of rotatable bonds is 4. The number of halogens is 3. The molecule has 0 aliphatic carbocycles. The SMILES string of the molecule is CCc1nnsc1C(=O)[C@@H](C#N)c1ccc(C(F)(F)F)cn1. The largest absolute Gasteiger partial charge is 0.417 e. The van der Waals surface area contributed by atoms with E-state index in [1.54, 1.807) is 13.0 Å². The number of aromatic nitrogens is 3. The summed E-state index contributed by atoms with van der Waals surface area (Å²) in [5.74, 6) is -1.84. The van der Waals surface area contributed by atoms with Crippen LogP contribution >= 0.6 is 11.5 Å². The second-order valence-corrected chi connectivity index (χ2v) is 5.05. The van der Waals surface area contributed by atoms with E-state index < -0.39 is 23.4 Å². The van der Waals surface area contributed by atoms with Crippen LogP contribution < -0.4 is 0 Å². The molecular weight excluding hydrogens is 317 g/mol. The van der Waals surface area contributed by atoms with Crippen LogP contribution in [0.2, 0.25) is 0 Å². The molecule has 2 heterocycles. The molecule has 2 aromatic heterocycles. The molecule has 0 fully saturated rings. The Bertz CT molecular complexity index is 718. The minimum atomic E-state index is -4.52. The number of pyridine rings is 1. The first-order chi connectivity index (χ1) is 10.4. The van der Waals surface area contributed by atoms with Crippen LogP contribution in [-0.2, 0) is 12.6 Å². The summed E-state index contributed by atoms with van der Waals surface area (Å²) in [4.78, 5) is 16.2. The van der Waals surface area contributed by atoms with Crippen molar-refractivity contribution in [3.05, 3.63) is 40.2 Å². The van der Waals surface area contributed by atoms with Gasteiger partial charge in [0, 0.05) is 6.20 Å². The molecule has 0 amide bonds. The van der Waals surface area contributed by atoms with Gasteiger partial charge in [0.05, 0.1) is 23.0 Å². The highest BCUT2D eigenvalue weighted by Crippen LogP contribution is 2.30. The molecule has 9 heteroatoms. The van der Waals surface area contributed by atoms with Crippen LogP contribution in [0.1, 0.15) is 39.5 Å². The standard InChI is InChI=1S/C13H9F3N4OS/c1-2-9-12(22-20-19-9)11(21)8(5-17)10-4-3-7(6-18-10)13(14,15)16/h3-4,6,8H,2H2,1H3/t8-/m0/s1. The van der Waals surface area contributed by atoms with Crippen LogP contribution in [0.5, 0.6) is 0 Å². The van der Waals surface area contributed by atoms with E-state index >= 15 is 0 Å². The first kappa shape index (κ1) is 16.0. The number of hydrogen-bond donors (Lipinski definition) is 0. The van der Waals surface area contributed by atoms with E-state index in [-0.39, 0.29) is 10.6 Å². The maximum absolute atomic E-state index is 12.5. The number of carbonyl (C=O) groups excluding carboxylic acids is 1. The van der Waals surface area contributed by atoms with Gasteiger partial charge in [0.2, 0.25) is 0 Å². The Morgan fingerprint density at radius 2 is 2.18 bits per heavy atom. The van der Waals surface area contributed by atoms with E-state index in [1.165, 1.54) is 0 Å². The molecule has 0 unspecified atom stereocenters. The van der Waals surface area contributed by atoms with Crippen molar-refractivity contribution in [2.75, 3.05) is 0 Å². The van der Waals surface area contributed by atoms with Gasteiger partial charge in [-0.15, -0.1) is 5.10 Å². The average molecular weight is 326 g/mol. The van der Waals surface area contributed by atoms with Crippen LogP contribution in [0, 0.1) is 11.3 Å². The third-order valence-electron chi connectivity index (χ3n) is 2.92. The number of alkyl halides is 3. The van der Waals surface area contributed by atoms with Crippen molar-refractivity contribution in [3.63, 3.8) is 0 Å².